The van der Waals surface area contributed by atoms with Crippen LogP contribution in [0.1, 0.15) is 44.4 Å². The maximum atomic E-state index is 11.2. The van der Waals surface area contributed by atoms with Gasteiger partial charge in [0.05, 0.1) is 11.0 Å². The predicted molar refractivity (Wildman–Crippen MR) is 70.2 cm³/mol. The first-order chi connectivity index (χ1) is 9.41. The van der Waals surface area contributed by atoms with Crippen LogP contribution in [0.25, 0.3) is 0 Å². The summed E-state index contributed by atoms with van der Waals surface area (Å²) < 4.78 is 1.59. The van der Waals surface area contributed by atoms with E-state index < -0.39 is 4.92 Å². The number of anilines is 1. The SMILES string of the molecule is Cc1nn(C(C)C)c(NC(C)c2nn[nH]n2)c1[N+](=O)[O-]. The predicted octanol–water partition coefficient (Wildman–Crippen LogP) is 1.37. The molecule has 1 unspecified atom stereocenters. The Morgan fingerprint density at radius 2 is 2.10 bits per heavy atom. The van der Waals surface area contributed by atoms with Gasteiger partial charge in [0.1, 0.15) is 5.69 Å². The van der Waals surface area contributed by atoms with Gasteiger partial charge in [-0.2, -0.15) is 10.3 Å². The van der Waals surface area contributed by atoms with Crippen LogP contribution in [0.3, 0.4) is 0 Å². The number of rotatable bonds is 5. The molecule has 0 saturated heterocycles. The molecular weight excluding hydrogens is 264 g/mol. The number of nitrogens with one attached hydrogen (secondary N) is 2. The second-order valence-electron chi connectivity index (χ2n) is 4.71. The lowest BCUT2D eigenvalue weighted by Crippen LogP contribution is -2.15. The van der Waals surface area contributed by atoms with Gasteiger partial charge in [0.25, 0.3) is 0 Å². The number of H-pyrrole nitrogens is 1. The van der Waals surface area contributed by atoms with E-state index in [1.165, 1.54) is 0 Å². The van der Waals surface area contributed by atoms with Gasteiger partial charge >= 0.3 is 5.69 Å². The average molecular weight is 280 g/mol. The number of nitro groups is 1. The van der Waals surface area contributed by atoms with Crippen LogP contribution < -0.4 is 5.32 Å². The third-order valence-electron chi connectivity index (χ3n) is 2.83. The number of hydrogen-bond acceptors (Lipinski definition) is 7. The van der Waals surface area contributed by atoms with Gasteiger partial charge in [-0.1, -0.05) is 5.21 Å². The molecule has 0 spiro atoms. The summed E-state index contributed by atoms with van der Waals surface area (Å²) in [5.41, 5.74) is 0.334. The molecule has 2 aromatic rings. The zero-order valence-corrected chi connectivity index (χ0v) is 11.7. The summed E-state index contributed by atoms with van der Waals surface area (Å²) in [5, 5.41) is 32.0. The minimum atomic E-state index is -0.438. The van der Waals surface area contributed by atoms with E-state index in [0.717, 1.165) is 0 Å². The second-order valence-corrected chi connectivity index (χ2v) is 4.71. The van der Waals surface area contributed by atoms with Gasteiger partial charge in [-0.15, -0.1) is 10.2 Å². The van der Waals surface area contributed by atoms with E-state index in [0.29, 0.717) is 17.3 Å². The van der Waals surface area contributed by atoms with Crippen molar-refractivity contribution in [3.8, 4) is 0 Å². The second kappa shape index (κ2) is 5.23. The van der Waals surface area contributed by atoms with Crippen LogP contribution in [0.2, 0.25) is 0 Å². The van der Waals surface area contributed by atoms with E-state index in [1.54, 1.807) is 18.5 Å². The van der Waals surface area contributed by atoms with Crippen molar-refractivity contribution in [1.29, 1.82) is 0 Å². The Morgan fingerprint density at radius 3 is 2.60 bits per heavy atom. The third kappa shape index (κ3) is 2.44. The molecule has 10 heteroatoms. The average Bonchev–Trinajstić information content (AvgIpc) is 2.96. The molecule has 0 bridgehead atoms. The summed E-state index contributed by atoms with van der Waals surface area (Å²) in [7, 11) is 0. The summed E-state index contributed by atoms with van der Waals surface area (Å²) in [4.78, 5) is 10.8. The molecule has 10 nitrogen and oxygen atoms in total. The molecule has 20 heavy (non-hydrogen) atoms. The fourth-order valence-electron chi connectivity index (χ4n) is 1.89. The van der Waals surface area contributed by atoms with Crippen LogP contribution in [0.4, 0.5) is 11.5 Å². The van der Waals surface area contributed by atoms with Crippen LogP contribution in [0.5, 0.6) is 0 Å². The molecule has 2 rings (SSSR count). The normalized spacial score (nSPS) is 12.7. The minimum Gasteiger partial charge on any atom is -0.355 e. The molecule has 2 aromatic heterocycles. The number of nitrogens with zero attached hydrogens (tertiary/aromatic N) is 6. The van der Waals surface area contributed by atoms with Crippen LogP contribution in [0.15, 0.2) is 0 Å². The van der Waals surface area contributed by atoms with Gasteiger partial charge in [0.2, 0.25) is 5.82 Å². The molecule has 0 aliphatic carbocycles. The van der Waals surface area contributed by atoms with E-state index >= 15 is 0 Å². The van der Waals surface area contributed by atoms with Crippen LogP contribution in [0, 0.1) is 17.0 Å². The quantitative estimate of drug-likeness (QED) is 0.625. The highest BCUT2D eigenvalue weighted by atomic mass is 16.6. The monoisotopic (exact) mass is 280 g/mol. The van der Waals surface area contributed by atoms with E-state index in [4.69, 9.17) is 0 Å². The molecule has 2 heterocycles. The Bertz CT molecular complexity index is 603. The largest absolute Gasteiger partial charge is 0.355 e. The number of hydrogen-bond donors (Lipinski definition) is 2. The topological polar surface area (TPSA) is 127 Å². The Hall–Kier alpha value is -2.52. The van der Waals surface area contributed by atoms with E-state index in [1.807, 2.05) is 13.8 Å². The molecule has 1 atom stereocenters. The van der Waals surface area contributed by atoms with Gasteiger partial charge in [-0.25, -0.2) is 4.68 Å². The molecule has 0 radical (unpaired) electrons. The highest BCUT2D eigenvalue weighted by Crippen LogP contribution is 2.32. The fourth-order valence-corrected chi connectivity index (χ4v) is 1.89. The lowest BCUT2D eigenvalue weighted by Gasteiger charge is -2.14. The number of aromatic amines is 1. The molecule has 0 aliphatic rings. The number of tetrazole rings is 1. The maximum absolute atomic E-state index is 11.2. The summed E-state index contributed by atoms with van der Waals surface area (Å²) in [6.45, 7) is 7.21. The molecule has 0 amide bonds. The molecule has 108 valence electrons. The summed E-state index contributed by atoms with van der Waals surface area (Å²) in [6.07, 6.45) is 0. The Kier molecular flexibility index (Phi) is 3.63. The van der Waals surface area contributed by atoms with Crippen molar-refractivity contribution in [2.45, 2.75) is 39.8 Å². The lowest BCUT2D eigenvalue weighted by atomic mass is 10.3. The highest BCUT2D eigenvalue weighted by molar-refractivity contribution is 5.60. The summed E-state index contributed by atoms with van der Waals surface area (Å²) in [5.74, 6) is 0.772. The van der Waals surface area contributed by atoms with Crippen LogP contribution in [-0.4, -0.2) is 35.3 Å². The van der Waals surface area contributed by atoms with E-state index in [9.17, 15) is 10.1 Å². The summed E-state index contributed by atoms with van der Waals surface area (Å²) >= 11 is 0. The van der Waals surface area contributed by atoms with E-state index in [-0.39, 0.29) is 17.8 Å². The zero-order chi connectivity index (χ0) is 14.9. The standard InChI is InChI=1S/C10H16N8O2/c1-5(2)17-10(8(18(19)20)6(3)14-17)11-7(4)9-12-15-16-13-9/h5,7,11H,1-4H3,(H,12,13,15,16). The lowest BCUT2D eigenvalue weighted by molar-refractivity contribution is -0.384. The van der Waals surface area contributed by atoms with E-state index in [2.05, 4.69) is 31.0 Å². The Morgan fingerprint density at radius 1 is 1.40 bits per heavy atom. The van der Waals surface area contributed by atoms with Crippen molar-refractivity contribution in [2.24, 2.45) is 0 Å². The third-order valence-corrected chi connectivity index (χ3v) is 2.83. The van der Waals surface area contributed by atoms with Crippen molar-refractivity contribution < 1.29 is 4.92 Å². The highest BCUT2D eigenvalue weighted by Gasteiger charge is 2.28. The Labute approximate surface area is 114 Å². The molecule has 2 N–H and O–H groups in total. The number of aryl methyl sites for hydroxylation is 1. The van der Waals surface area contributed by atoms with Crippen LogP contribution in [-0.2, 0) is 0 Å². The first kappa shape index (κ1) is 13.9. The van der Waals surface area contributed by atoms with Gasteiger partial charge in [0.15, 0.2) is 5.82 Å². The van der Waals surface area contributed by atoms with Gasteiger partial charge in [0, 0.05) is 6.04 Å². The molecule has 0 aromatic carbocycles. The fraction of sp³-hybridized carbons (Fsp3) is 0.600. The summed E-state index contributed by atoms with van der Waals surface area (Å²) in [6, 6.07) is -0.344. The Balaban J connectivity index is 2.41. The molecular formula is C10H16N8O2. The van der Waals surface area contributed by atoms with Crippen molar-refractivity contribution in [3.05, 3.63) is 21.6 Å². The van der Waals surface area contributed by atoms with Crippen LogP contribution >= 0.6 is 0 Å². The van der Waals surface area contributed by atoms with Crippen molar-refractivity contribution in [1.82, 2.24) is 30.4 Å². The maximum Gasteiger partial charge on any atom is 0.333 e. The number of aromatic nitrogens is 6. The van der Waals surface area contributed by atoms with Crippen molar-refractivity contribution >= 4 is 11.5 Å². The van der Waals surface area contributed by atoms with Gasteiger partial charge in [-0.05, 0) is 27.7 Å². The minimum absolute atomic E-state index is 0.0117. The molecule has 0 fully saturated rings. The first-order valence-corrected chi connectivity index (χ1v) is 6.15. The molecule has 0 aliphatic heterocycles. The van der Waals surface area contributed by atoms with Gasteiger partial charge < -0.3 is 5.32 Å². The smallest absolute Gasteiger partial charge is 0.333 e. The first-order valence-electron chi connectivity index (χ1n) is 6.15. The molecule has 0 saturated carbocycles. The van der Waals surface area contributed by atoms with Crippen molar-refractivity contribution in [2.75, 3.05) is 5.32 Å². The van der Waals surface area contributed by atoms with Gasteiger partial charge in [-0.3, -0.25) is 10.1 Å². The zero-order valence-electron chi connectivity index (χ0n) is 11.7. The van der Waals surface area contributed by atoms with Crippen molar-refractivity contribution in [3.63, 3.8) is 0 Å².